The van der Waals surface area contributed by atoms with Crippen molar-refractivity contribution >= 4 is 17.7 Å². The van der Waals surface area contributed by atoms with Crippen molar-refractivity contribution in [1.82, 2.24) is 9.97 Å². The molecule has 2 rings (SSSR count). The smallest absolute Gasteiger partial charge is 0.309 e. The molecule has 0 saturated carbocycles. The van der Waals surface area contributed by atoms with E-state index in [1.165, 1.54) is 7.11 Å². The van der Waals surface area contributed by atoms with Crippen molar-refractivity contribution in [1.29, 1.82) is 0 Å². The molecule has 0 aliphatic rings. The van der Waals surface area contributed by atoms with Crippen molar-refractivity contribution in [2.45, 2.75) is 13.0 Å². The number of benzene rings is 1. The van der Waals surface area contributed by atoms with E-state index in [0.29, 0.717) is 11.6 Å². The summed E-state index contributed by atoms with van der Waals surface area (Å²) in [5.41, 5.74) is 11.6. The number of rotatable bonds is 6. The van der Waals surface area contributed by atoms with Crippen molar-refractivity contribution < 1.29 is 19.1 Å². The second-order valence-electron chi connectivity index (χ2n) is 4.49. The number of anilines is 1. The first-order valence-corrected chi connectivity index (χ1v) is 6.42. The molecule has 116 valence electrons. The molecule has 1 aromatic heterocycles. The Balaban J connectivity index is 1.95. The minimum Gasteiger partial charge on any atom is -0.486 e. The highest BCUT2D eigenvalue weighted by Gasteiger charge is 2.12. The van der Waals surface area contributed by atoms with Crippen LogP contribution in [0.2, 0.25) is 0 Å². The zero-order chi connectivity index (χ0) is 16.1. The molecule has 0 bridgehead atoms. The molecule has 8 nitrogen and oxygen atoms in total. The number of methoxy groups -OCH3 is 1. The largest absolute Gasteiger partial charge is 0.486 e. The monoisotopic (exact) mass is 304 g/mol. The summed E-state index contributed by atoms with van der Waals surface area (Å²) in [4.78, 5) is 28.9. The van der Waals surface area contributed by atoms with E-state index in [1.54, 1.807) is 24.3 Å². The predicted molar refractivity (Wildman–Crippen MR) is 78.0 cm³/mol. The van der Waals surface area contributed by atoms with Crippen LogP contribution in [0, 0.1) is 0 Å². The maximum Gasteiger partial charge on any atom is 0.309 e. The second kappa shape index (κ2) is 6.61. The van der Waals surface area contributed by atoms with E-state index < -0.39 is 5.91 Å². The minimum atomic E-state index is -0.677. The molecule has 8 heteroatoms. The van der Waals surface area contributed by atoms with E-state index >= 15 is 0 Å². The fraction of sp³-hybridized carbons (Fsp3) is 0.214. The molecular formula is C14H16N4O4. The fourth-order valence-electron chi connectivity index (χ4n) is 1.79. The summed E-state index contributed by atoms with van der Waals surface area (Å²) in [5.74, 6) is 0.0378. The number of imidazole rings is 1. The van der Waals surface area contributed by atoms with Crippen molar-refractivity contribution in [3.8, 4) is 5.75 Å². The Morgan fingerprint density at radius 2 is 1.95 bits per heavy atom. The predicted octanol–water partition coefficient (Wildman–Crippen LogP) is 0.385. The number of aromatic nitrogens is 2. The highest BCUT2D eigenvalue weighted by atomic mass is 16.5. The van der Waals surface area contributed by atoms with E-state index in [9.17, 15) is 9.59 Å². The van der Waals surface area contributed by atoms with Crippen molar-refractivity contribution in [3.63, 3.8) is 0 Å². The third-order valence-corrected chi connectivity index (χ3v) is 2.90. The van der Waals surface area contributed by atoms with Crippen LogP contribution in [0.25, 0.3) is 0 Å². The molecule has 22 heavy (non-hydrogen) atoms. The zero-order valence-corrected chi connectivity index (χ0v) is 12.0. The lowest BCUT2D eigenvalue weighted by Crippen LogP contribution is -2.13. The highest BCUT2D eigenvalue weighted by molar-refractivity contribution is 5.95. The second-order valence-corrected chi connectivity index (χ2v) is 4.49. The van der Waals surface area contributed by atoms with Crippen LogP contribution in [-0.2, 0) is 22.6 Å². The van der Waals surface area contributed by atoms with Gasteiger partial charge in [0.1, 0.15) is 23.9 Å². The van der Waals surface area contributed by atoms with Gasteiger partial charge >= 0.3 is 5.97 Å². The molecule has 0 aliphatic heterocycles. The highest BCUT2D eigenvalue weighted by Crippen LogP contribution is 2.15. The number of H-pyrrole nitrogens is 1. The van der Waals surface area contributed by atoms with Crippen LogP contribution >= 0.6 is 0 Å². The molecular weight excluding hydrogens is 288 g/mol. The number of nitrogens with one attached hydrogen (secondary N) is 1. The van der Waals surface area contributed by atoms with Gasteiger partial charge in [-0.05, 0) is 17.7 Å². The average Bonchev–Trinajstić information content (AvgIpc) is 2.87. The molecule has 1 amide bonds. The Morgan fingerprint density at radius 3 is 2.50 bits per heavy atom. The van der Waals surface area contributed by atoms with Crippen LogP contribution in [0.1, 0.15) is 21.9 Å². The summed E-state index contributed by atoms with van der Waals surface area (Å²) in [6, 6.07) is 6.97. The van der Waals surface area contributed by atoms with Gasteiger partial charge in [-0.25, -0.2) is 4.98 Å². The number of hydrogen-bond donors (Lipinski definition) is 3. The number of primary amides is 1. The normalized spacial score (nSPS) is 10.2. The first-order valence-electron chi connectivity index (χ1n) is 6.42. The Labute approximate surface area is 126 Å². The third-order valence-electron chi connectivity index (χ3n) is 2.90. The number of aromatic amines is 1. The number of nitrogen functional groups attached to an aromatic ring is 1. The van der Waals surface area contributed by atoms with Crippen LogP contribution in [0.15, 0.2) is 24.3 Å². The molecule has 0 saturated heterocycles. The third kappa shape index (κ3) is 3.75. The van der Waals surface area contributed by atoms with Crippen molar-refractivity contribution in [2.75, 3.05) is 12.8 Å². The minimum absolute atomic E-state index is 0.0412. The molecule has 0 fully saturated rings. The lowest BCUT2D eigenvalue weighted by molar-refractivity contribution is -0.139. The van der Waals surface area contributed by atoms with Gasteiger partial charge in [0.05, 0.1) is 13.5 Å². The maximum atomic E-state index is 11.2. The maximum absolute atomic E-state index is 11.2. The van der Waals surface area contributed by atoms with Gasteiger partial charge in [0.15, 0.2) is 5.82 Å². The number of hydrogen-bond acceptors (Lipinski definition) is 6. The number of esters is 1. The van der Waals surface area contributed by atoms with Crippen molar-refractivity contribution in [3.05, 3.63) is 41.3 Å². The molecule has 5 N–H and O–H groups in total. The Hall–Kier alpha value is -3.03. The number of nitrogens with two attached hydrogens (primary N) is 2. The lowest BCUT2D eigenvalue weighted by Gasteiger charge is -2.05. The number of nitrogens with zero attached hydrogens (tertiary/aromatic N) is 1. The topological polar surface area (TPSA) is 133 Å². The summed E-state index contributed by atoms with van der Waals surface area (Å²) >= 11 is 0. The van der Waals surface area contributed by atoms with Crippen LogP contribution in [0.4, 0.5) is 5.82 Å². The number of amides is 1. The summed E-state index contributed by atoms with van der Waals surface area (Å²) in [7, 11) is 1.34. The molecule has 0 spiro atoms. The SMILES string of the molecule is COC(=O)Cc1ccc(OCc2nc(N)c(C(N)=O)[nH]2)cc1. The number of carbonyl (C=O) groups is 2. The summed E-state index contributed by atoms with van der Waals surface area (Å²) < 4.78 is 10.1. The van der Waals surface area contributed by atoms with Gasteiger partial charge < -0.3 is 25.9 Å². The van der Waals surface area contributed by atoms with Crippen molar-refractivity contribution in [2.24, 2.45) is 5.73 Å². The summed E-state index contributed by atoms with van der Waals surface area (Å²) in [5, 5.41) is 0. The van der Waals surface area contributed by atoms with E-state index in [1.807, 2.05) is 0 Å². The van der Waals surface area contributed by atoms with E-state index in [4.69, 9.17) is 16.2 Å². The molecule has 0 unspecified atom stereocenters. The first kappa shape index (κ1) is 15.4. The summed E-state index contributed by atoms with van der Waals surface area (Å²) in [6.45, 7) is 0.105. The number of carbonyl (C=O) groups excluding carboxylic acids is 2. The van der Waals surface area contributed by atoms with Gasteiger partial charge in [-0.1, -0.05) is 12.1 Å². The van der Waals surface area contributed by atoms with Gasteiger partial charge in [-0.3, -0.25) is 9.59 Å². The van der Waals surface area contributed by atoms with Gasteiger partial charge in [0, 0.05) is 0 Å². The Kier molecular flexibility index (Phi) is 4.62. The van der Waals surface area contributed by atoms with Crippen LogP contribution < -0.4 is 16.2 Å². The number of ether oxygens (including phenoxy) is 2. The molecule has 0 atom stereocenters. The first-order chi connectivity index (χ1) is 10.5. The van der Waals surface area contributed by atoms with E-state index in [0.717, 1.165) is 5.56 Å². The van der Waals surface area contributed by atoms with Crippen LogP contribution in [0.3, 0.4) is 0 Å². The fourth-order valence-corrected chi connectivity index (χ4v) is 1.79. The Bertz CT molecular complexity index is 679. The van der Waals surface area contributed by atoms with E-state index in [2.05, 4.69) is 14.7 Å². The summed E-state index contributed by atoms with van der Waals surface area (Å²) in [6.07, 6.45) is 0.202. The molecule has 1 aromatic carbocycles. The van der Waals surface area contributed by atoms with Gasteiger partial charge in [0.2, 0.25) is 0 Å². The van der Waals surface area contributed by atoms with Crippen LogP contribution in [0.5, 0.6) is 5.75 Å². The van der Waals surface area contributed by atoms with E-state index in [-0.39, 0.29) is 30.5 Å². The quantitative estimate of drug-likeness (QED) is 0.661. The molecule has 0 aliphatic carbocycles. The standard InChI is InChI=1S/C14H16N4O4/c1-21-11(19)6-8-2-4-9(5-3-8)22-7-10-17-12(14(16)20)13(15)18-10/h2-5H,6-7,15H2,1H3,(H2,16,20)(H,17,18). The van der Waals surface area contributed by atoms with Crippen LogP contribution in [-0.4, -0.2) is 29.0 Å². The van der Waals surface area contributed by atoms with Gasteiger partial charge in [-0.15, -0.1) is 0 Å². The average molecular weight is 304 g/mol. The van der Waals surface area contributed by atoms with Gasteiger partial charge in [-0.2, -0.15) is 0 Å². The van der Waals surface area contributed by atoms with Gasteiger partial charge in [0.25, 0.3) is 5.91 Å². The molecule has 1 heterocycles. The zero-order valence-electron chi connectivity index (χ0n) is 12.0. The lowest BCUT2D eigenvalue weighted by atomic mass is 10.1. The molecule has 0 radical (unpaired) electrons. The Morgan fingerprint density at radius 1 is 1.27 bits per heavy atom. The molecule has 2 aromatic rings.